The third kappa shape index (κ3) is 7.43. The molecule has 1 aliphatic carbocycles. The maximum absolute atomic E-state index is 13.7. The van der Waals surface area contributed by atoms with Crippen LogP contribution in [-0.4, -0.2) is 40.0 Å². The van der Waals surface area contributed by atoms with Crippen LogP contribution in [0.5, 0.6) is 0 Å². The molecule has 36 heavy (non-hydrogen) atoms. The highest BCUT2D eigenvalue weighted by atomic mass is 32.2. The monoisotopic (exact) mass is 524 g/mol. The predicted molar refractivity (Wildman–Crippen MR) is 145 cm³/mol. The second-order valence-electron chi connectivity index (χ2n) is 9.32. The first kappa shape index (κ1) is 26.4. The minimum atomic E-state index is -0.296. The van der Waals surface area contributed by atoms with Gasteiger partial charge in [0.1, 0.15) is 12.4 Å². The number of amides is 2. The van der Waals surface area contributed by atoms with E-state index >= 15 is 0 Å². The molecule has 190 valence electrons. The molecule has 4 nitrogen and oxygen atoms in total. The third-order valence-electron chi connectivity index (χ3n) is 6.69. The number of rotatable bonds is 10. The molecule has 0 atom stereocenters. The fourth-order valence-corrected chi connectivity index (χ4v) is 6.31. The van der Waals surface area contributed by atoms with Crippen LogP contribution in [0, 0.1) is 12.7 Å². The molecular formula is C29H33FN2O2S2. The normalized spacial score (nSPS) is 13.9. The van der Waals surface area contributed by atoms with E-state index in [0.717, 1.165) is 46.6 Å². The molecule has 2 aromatic carbocycles. The average molecular weight is 525 g/mol. The Balaban J connectivity index is 1.51. The summed E-state index contributed by atoms with van der Waals surface area (Å²) in [4.78, 5) is 33.0. The highest BCUT2D eigenvalue weighted by Crippen LogP contribution is 2.26. The van der Waals surface area contributed by atoms with Gasteiger partial charge in [0.15, 0.2) is 0 Å². The van der Waals surface area contributed by atoms with Crippen molar-refractivity contribution in [3.8, 4) is 0 Å². The second-order valence-corrected chi connectivity index (χ2v) is 11.4. The molecule has 3 aromatic rings. The van der Waals surface area contributed by atoms with Gasteiger partial charge in [-0.3, -0.25) is 9.59 Å². The number of benzene rings is 2. The molecule has 0 unspecified atom stereocenters. The number of hydrogen-bond donors (Lipinski definition) is 0. The van der Waals surface area contributed by atoms with Crippen molar-refractivity contribution in [3.63, 3.8) is 0 Å². The molecule has 1 aliphatic rings. The Morgan fingerprint density at radius 3 is 2.33 bits per heavy atom. The van der Waals surface area contributed by atoms with Crippen molar-refractivity contribution < 1.29 is 14.0 Å². The quantitative estimate of drug-likeness (QED) is 0.278. The topological polar surface area (TPSA) is 40.6 Å². The Bertz CT molecular complexity index is 1130. The number of halogens is 1. The van der Waals surface area contributed by atoms with Crippen molar-refractivity contribution in [2.75, 3.05) is 12.3 Å². The molecule has 0 radical (unpaired) electrons. The molecule has 1 aromatic heterocycles. The van der Waals surface area contributed by atoms with Crippen molar-refractivity contribution in [2.24, 2.45) is 0 Å². The van der Waals surface area contributed by atoms with Crippen LogP contribution in [-0.2, 0) is 22.7 Å². The van der Waals surface area contributed by atoms with Crippen LogP contribution in [0.2, 0.25) is 0 Å². The second kappa shape index (κ2) is 13.1. The van der Waals surface area contributed by atoms with Gasteiger partial charge in [0.05, 0.1) is 12.3 Å². The van der Waals surface area contributed by atoms with Crippen LogP contribution >= 0.6 is 23.1 Å². The minimum Gasteiger partial charge on any atom is -0.332 e. The summed E-state index contributed by atoms with van der Waals surface area (Å²) in [5.74, 6) is -0.0416. The van der Waals surface area contributed by atoms with E-state index in [9.17, 15) is 14.0 Å². The summed E-state index contributed by atoms with van der Waals surface area (Å²) in [5, 5.41) is 2.03. The number of hydrogen-bond acceptors (Lipinski definition) is 4. The van der Waals surface area contributed by atoms with Crippen molar-refractivity contribution in [3.05, 3.63) is 87.9 Å². The summed E-state index contributed by atoms with van der Waals surface area (Å²) in [5.41, 5.74) is 2.02. The van der Waals surface area contributed by atoms with E-state index < -0.39 is 0 Å². The lowest BCUT2D eigenvalue weighted by molar-refractivity contribution is -0.142. The first-order valence-corrected chi connectivity index (χ1v) is 14.4. The maximum atomic E-state index is 13.7. The average Bonchev–Trinajstić information content (AvgIpc) is 3.31. The number of carbonyl (C=O) groups excluding carboxylic acids is 2. The van der Waals surface area contributed by atoms with Gasteiger partial charge in [-0.2, -0.15) is 0 Å². The van der Waals surface area contributed by atoms with Gasteiger partial charge in [-0.25, -0.2) is 4.39 Å². The lowest BCUT2D eigenvalue weighted by Crippen LogP contribution is -2.48. The summed E-state index contributed by atoms with van der Waals surface area (Å²) in [7, 11) is 0. The summed E-state index contributed by atoms with van der Waals surface area (Å²) in [6.07, 6.45) is 5.23. The fraction of sp³-hybridized carbons (Fsp3) is 0.379. The van der Waals surface area contributed by atoms with E-state index in [-0.39, 0.29) is 30.2 Å². The van der Waals surface area contributed by atoms with Crippen LogP contribution in [0.4, 0.5) is 4.39 Å². The smallest absolute Gasteiger partial charge is 0.242 e. The molecule has 2 amide bonds. The molecule has 7 heteroatoms. The van der Waals surface area contributed by atoms with Crippen LogP contribution in [0.15, 0.2) is 70.9 Å². The van der Waals surface area contributed by atoms with Crippen LogP contribution in [0.25, 0.3) is 0 Å². The number of aryl methyl sites for hydroxylation is 1. The lowest BCUT2D eigenvalue weighted by Gasteiger charge is -2.35. The summed E-state index contributed by atoms with van der Waals surface area (Å²) < 4.78 is 13.5. The van der Waals surface area contributed by atoms with Crippen LogP contribution < -0.4 is 0 Å². The van der Waals surface area contributed by atoms with Gasteiger partial charge in [-0.15, -0.1) is 23.1 Å². The largest absolute Gasteiger partial charge is 0.332 e. The summed E-state index contributed by atoms with van der Waals surface area (Å²) >= 11 is 3.15. The van der Waals surface area contributed by atoms with Crippen LogP contribution in [0.3, 0.4) is 0 Å². The Morgan fingerprint density at radius 2 is 1.67 bits per heavy atom. The molecule has 1 heterocycles. The minimum absolute atomic E-state index is 0.0122. The molecule has 1 fully saturated rings. The lowest BCUT2D eigenvalue weighted by atomic mass is 9.94. The molecule has 0 aliphatic heterocycles. The van der Waals surface area contributed by atoms with E-state index in [1.807, 2.05) is 47.5 Å². The van der Waals surface area contributed by atoms with Gasteiger partial charge in [-0.1, -0.05) is 49.6 Å². The molecule has 1 saturated carbocycles. The van der Waals surface area contributed by atoms with Crippen molar-refractivity contribution in [1.29, 1.82) is 0 Å². The van der Waals surface area contributed by atoms with Crippen molar-refractivity contribution >= 4 is 34.9 Å². The molecule has 0 spiro atoms. The molecule has 0 bridgehead atoms. The van der Waals surface area contributed by atoms with E-state index in [4.69, 9.17) is 0 Å². The van der Waals surface area contributed by atoms with Crippen molar-refractivity contribution in [1.82, 2.24) is 9.80 Å². The zero-order valence-electron chi connectivity index (χ0n) is 20.7. The van der Waals surface area contributed by atoms with E-state index in [1.165, 1.54) is 30.3 Å². The van der Waals surface area contributed by atoms with E-state index in [1.54, 1.807) is 28.4 Å². The first-order chi connectivity index (χ1) is 17.5. The highest BCUT2D eigenvalue weighted by molar-refractivity contribution is 8.00. The Kier molecular flexibility index (Phi) is 9.59. The predicted octanol–water partition coefficient (Wildman–Crippen LogP) is 6.68. The first-order valence-electron chi connectivity index (χ1n) is 12.5. The van der Waals surface area contributed by atoms with Gasteiger partial charge in [0.25, 0.3) is 0 Å². The highest BCUT2D eigenvalue weighted by Gasteiger charge is 2.29. The van der Waals surface area contributed by atoms with Gasteiger partial charge in [0.2, 0.25) is 11.8 Å². The summed E-state index contributed by atoms with van der Waals surface area (Å²) in [6, 6.07) is 18.3. The maximum Gasteiger partial charge on any atom is 0.242 e. The van der Waals surface area contributed by atoms with Gasteiger partial charge in [0, 0.05) is 22.4 Å². The number of thioether (sulfide) groups is 1. The molecule has 0 N–H and O–H groups in total. The van der Waals surface area contributed by atoms with Crippen molar-refractivity contribution in [2.45, 2.75) is 63.1 Å². The summed E-state index contributed by atoms with van der Waals surface area (Å²) in [6.45, 7) is 2.97. The SMILES string of the molecule is Cc1ccsc1CN(Cc1ccc(F)cc1)C(=O)CN(C(=O)CSc1ccccc1)C1CCCCC1. The number of nitrogens with zero attached hydrogens (tertiary/aromatic N) is 2. The third-order valence-corrected chi connectivity index (χ3v) is 8.69. The Hall–Kier alpha value is -2.64. The zero-order valence-corrected chi connectivity index (χ0v) is 22.3. The van der Waals surface area contributed by atoms with Gasteiger partial charge < -0.3 is 9.80 Å². The number of carbonyl (C=O) groups is 2. The fourth-order valence-electron chi connectivity index (χ4n) is 4.59. The van der Waals surface area contributed by atoms with E-state index in [0.29, 0.717) is 18.8 Å². The van der Waals surface area contributed by atoms with E-state index in [2.05, 4.69) is 6.07 Å². The molecule has 0 saturated heterocycles. The van der Waals surface area contributed by atoms with Gasteiger partial charge in [-0.05, 0) is 66.6 Å². The molecule has 4 rings (SSSR count). The zero-order chi connectivity index (χ0) is 25.3. The van der Waals surface area contributed by atoms with Gasteiger partial charge >= 0.3 is 0 Å². The molecular weight excluding hydrogens is 491 g/mol. The Labute approximate surface area is 221 Å². The van der Waals surface area contributed by atoms with Crippen LogP contribution in [0.1, 0.15) is 48.1 Å². The standard InChI is InChI=1S/C29H33FN2O2S2/c1-22-16-17-35-27(22)19-31(18-23-12-14-24(30)15-13-23)28(33)20-32(25-8-4-2-5-9-25)29(34)21-36-26-10-6-3-7-11-26/h3,6-7,10-17,25H,2,4-5,8-9,18-21H2,1H3. The Morgan fingerprint density at radius 1 is 0.944 bits per heavy atom. The number of thiophene rings is 1.